The minimum Gasteiger partial charge on any atom is -0.490 e. The first-order valence-electron chi connectivity index (χ1n) is 11.8. The quantitative estimate of drug-likeness (QED) is 0.467. The summed E-state index contributed by atoms with van der Waals surface area (Å²) in [4.78, 5) is 31.0. The maximum Gasteiger partial charge on any atom is 0.334 e. The molecule has 2 aliphatic rings. The molecule has 2 aromatic rings. The highest BCUT2D eigenvalue weighted by atomic mass is 16.5. The second kappa shape index (κ2) is 11.8. The van der Waals surface area contributed by atoms with E-state index in [9.17, 15) is 14.7 Å². The van der Waals surface area contributed by atoms with Crippen molar-refractivity contribution in [3.05, 3.63) is 64.7 Å². The summed E-state index contributed by atoms with van der Waals surface area (Å²) in [5, 5.41) is 11.8. The molecule has 4 rings (SSSR count). The molecule has 0 amide bonds. The Labute approximate surface area is 200 Å². The number of nitrogens with one attached hydrogen (secondary N) is 1. The van der Waals surface area contributed by atoms with Crippen molar-refractivity contribution >= 4 is 11.8 Å². The highest BCUT2D eigenvalue weighted by Crippen LogP contribution is 2.30. The van der Waals surface area contributed by atoms with Gasteiger partial charge in [-0.05, 0) is 43.4 Å². The van der Waals surface area contributed by atoms with E-state index in [1.165, 1.54) is 15.9 Å². The molecule has 9 heteroatoms. The average Bonchev–Trinajstić information content (AvgIpc) is 3.15. The number of aromatic nitrogens is 2. The summed E-state index contributed by atoms with van der Waals surface area (Å²) in [5.74, 6) is 0.278. The van der Waals surface area contributed by atoms with Crippen molar-refractivity contribution in [3.63, 3.8) is 0 Å². The van der Waals surface area contributed by atoms with Crippen LogP contribution < -0.4 is 15.7 Å². The van der Waals surface area contributed by atoms with Crippen LogP contribution in [-0.2, 0) is 9.53 Å². The Balaban J connectivity index is 0.00000158. The second-order valence-corrected chi connectivity index (χ2v) is 8.09. The largest absolute Gasteiger partial charge is 0.490 e. The molecule has 2 N–H and O–H groups in total. The summed E-state index contributed by atoms with van der Waals surface area (Å²) >= 11 is 0. The third-order valence-corrected chi connectivity index (χ3v) is 5.82. The molecule has 1 saturated carbocycles. The van der Waals surface area contributed by atoms with Crippen LogP contribution in [0.2, 0.25) is 0 Å². The van der Waals surface area contributed by atoms with Gasteiger partial charge in [-0.15, -0.1) is 0 Å². The predicted octanol–water partition coefficient (Wildman–Crippen LogP) is 3.56. The first-order chi connectivity index (χ1) is 16.5. The van der Waals surface area contributed by atoms with Crippen molar-refractivity contribution in [1.29, 1.82) is 0 Å². The molecule has 184 valence electrons. The van der Waals surface area contributed by atoms with Crippen molar-refractivity contribution in [2.24, 2.45) is 0 Å². The van der Waals surface area contributed by atoms with E-state index >= 15 is 0 Å². The number of hydrogen-bond acceptors (Lipinski definition) is 8. The molecule has 2 unspecified atom stereocenters. The Hall–Kier alpha value is -3.17. The number of ether oxygens (including phenoxy) is 2. The van der Waals surface area contributed by atoms with Crippen LogP contribution in [0.3, 0.4) is 0 Å². The van der Waals surface area contributed by atoms with Crippen molar-refractivity contribution in [1.82, 2.24) is 14.6 Å². The van der Waals surface area contributed by atoms with Crippen molar-refractivity contribution in [2.75, 3.05) is 19.1 Å². The number of aliphatic hydroxyl groups is 1. The number of carbonyl (C=O) groups excluding carboxylic acids is 1. The van der Waals surface area contributed by atoms with E-state index in [4.69, 9.17) is 9.47 Å². The molecular formula is C25H34N4O5. The van der Waals surface area contributed by atoms with Crippen LogP contribution in [0, 0.1) is 0 Å². The number of anilines is 1. The van der Waals surface area contributed by atoms with E-state index in [-0.39, 0.29) is 17.5 Å². The Kier molecular flexibility index (Phi) is 8.84. The highest BCUT2D eigenvalue weighted by molar-refractivity contribution is 5.78. The van der Waals surface area contributed by atoms with Gasteiger partial charge in [0.15, 0.2) is 18.1 Å². The zero-order chi connectivity index (χ0) is 24.7. The maximum atomic E-state index is 13.4. The van der Waals surface area contributed by atoms with Gasteiger partial charge in [-0.3, -0.25) is 9.36 Å². The number of hydrogen-bond donors (Lipinski definition) is 2. The molecular weight excluding hydrogens is 436 g/mol. The number of fused-ring (bicyclic) bond motifs is 1. The fourth-order valence-electron chi connectivity index (χ4n) is 4.16. The van der Waals surface area contributed by atoms with Crippen LogP contribution in [0.5, 0.6) is 5.75 Å². The Morgan fingerprint density at radius 1 is 1.32 bits per heavy atom. The Bertz CT molecular complexity index is 1050. The Morgan fingerprint density at radius 2 is 2.06 bits per heavy atom. The molecule has 34 heavy (non-hydrogen) atoms. The third kappa shape index (κ3) is 5.48. The number of esters is 1. The van der Waals surface area contributed by atoms with E-state index < -0.39 is 23.8 Å². The molecule has 2 heterocycles. The fourth-order valence-corrected chi connectivity index (χ4v) is 4.16. The number of benzene rings is 1. The zero-order valence-corrected chi connectivity index (χ0v) is 20.1. The smallest absolute Gasteiger partial charge is 0.334 e. The maximum absolute atomic E-state index is 13.4. The third-order valence-electron chi connectivity index (χ3n) is 5.82. The van der Waals surface area contributed by atoms with Gasteiger partial charge in [0.1, 0.15) is 30.4 Å². The van der Waals surface area contributed by atoms with Gasteiger partial charge in [0.25, 0.3) is 5.56 Å². The van der Waals surface area contributed by atoms with Crippen LogP contribution in [0.25, 0.3) is 0 Å². The van der Waals surface area contributed by atoms with E-state index in [0.717, 1.165) is 32.1 Å². The van der Waals surface area contributed by atoms with E-state index in [1.807, 2.05) is 13.8 Å². The molecule has 9 nitrogen and oxygen atoms in total. The van der Waals surface area contributed by atoms with Crippen LogP contribution >= 0.6 is 0 Å². The number of nitrogens with zero attached hydrogens (tertiary/aromatic N) is 3. The SMILES string of the molecule is C=CCOc1cccc(C(C(=O)OC2CCCCC2)n2cnc3c(c2=O)C(O)N(C)N3)c1.CC. The van der Waals surface area contributed by atoms with E-state index in [1.54, 1.807) is 37.4 Å². The average molecular weight is 471 g/mol. The topological polar surface area (TPSA) is 106 Å². The lowest BCUT2D eigenvalue weighted by molar-refractivity contribution is -0.153. The molecule has 0 bridgehead atoms. The molecule has 0 saturated heterocycles. The van der Waals surface area contributed by atoms with Crippen LogP contribution in [0.1, 0.15) is 69.3 Å². The van der Waals surface area contributed by atoms with Crippen LogP contribution in [-0.4, -0.2) is 45.4 Å². The number of aliphatic hydroxyl groups excluding tert-OH is 1. The summed E-state index contributed by atoms with van der Waals surface area (Å²) in [6.07, 6.45) is 6.37. The number of rotatable bonds is 7. The van der Waals surface area contributed by atoms with Crippen molar-refractivity contribution < 1.29 is 19.4 Å². The molecule has 1 aliphatic carbocycles. The molecule has 1 aromatic carbocycles. The Morgan fingerprint density at radius 3 is 2.76 bits per heavy atom. The summed E-state index contributed by atoms with van der Waals surface area (Å²) in [5.41, 5.74) is 2.94. The summed E-state index contributed by atoms with van der Waals surface area (Å²) < 4.78 is 12.7. The molecule has 2 atom stereocenters. The van der Waals surface area contributed by atoms with Gasteiger partial charge in [-0.25, -0.2) is 9.78 Å². The first kappa shape index (κ1) is 25.5. The molecule has 1 aliphatic heterocycles. The lowest BCUT2D eigenvalue weighted by atomic mass is 9.97. The second-order valence-electron chi connectivity index (χ2n) is 8.09. The molecule has 1 aromatic heterocycles. The number of carbonyl (C=O) groups is 1. The van der Waals surface area contributed by atoms with Gasteiger partial charge in [0, 0.05) is 7.05 Å². The van der Waals surface area contributed by atoms with E-state index in [0.29, 0.717) is 17.9 Å². The zero-order valence-electron chi connectivity index (χ0n) is 20.1. The first-order valence-corrected chi connectivity index (χ1v) is 11.8. The minimum atomic E-state index is -1.17. The standard InChI is InChI=1S/C23H28N4O5.C2H6/c1-3-12-31-17-11-7-8-15(13-17)19(23(30)32-16-9-5-4-6-10-16)27-14-24-20-18(22(27)29)21(28)26(2)25-20;1-2/h3,7-8,11,13-14,16,19,21,25,28H,1,4-6,9-10,12H2,2H3;1-2H3. The highest BCUT2D eigenvalue weighted by Gasteiger charge is 2.35. The van der Waals surface area contributed by atoms with E-state index in [2.05, 4.69) is 17.0 Å². The monoisotopic (exact) mass is 470 g/mol. The van der Waals surface area contributed by atoms with Gasteiger partial charge in [0.05, 0.1) is 0 Å². The summed E-state index contributed by atoms with van der Waals surface area (Å²) in [6, 6.07) is 5.91. The lowest BCUT2D eigenvalue weighted by Crippen LogP contribution is -2.36. The number of hydrazine groups is 1. The molecule has 0 spiro atoms. The van der Waals surface area contributed by atoms with Gasteiger partial charge in [0.2, 0.25) is 0 Å². The lowest BCUT2D eigenvalue weighted by Gasteiger charge is -2.26. The predicted molar refractivity (Wildman–Crippen MR) is 129 cm³/mol. The van der Waals surface area contributed by atoms with Gasteiger partial charge < -0.3 is 20.0 Å². The fraction of sp³-hybridized carbons (Fsp3) is 0.480. The van der Waals surface area contributed by atoms with Crippen molar-refractivity contribution in [3.8, 4) is 5.75 Å². The van der Waals surface area contributed by atoms with Gasteiger partial charge in [-0.2, -0.15) is 5.01 Å². The van der Waals surface area contributed by atoms with Gasteiger partial charge in [-0.1, -0.05) is 45.1 Å². The summed E-state index contributed by atoms with van der Waals surface area (Å²) in [6.45, 7) is 7.96. The molecule has 1 fully saturated rings. The van der Waals surface area contributed by atoms with Gasteiger partial charge >= 0.3 is 5.97 Å². The van der Waals surface area contributed by atoms with Crippen molar-refractivity contribution in [2.45, 2.75) is 64.3 Å². The normalized spacial score (nSPS) is 18.6. The van der Waals surface area contributed by atoms with Crippen LogP contribution in [0.4, 0.5) is 5.82 Å². The summed E-state index contributed by atoms with van der Waals surface area (Å²) in [7, 11) is 1.60. The van der Waals surface area contributed by atoms with Crippen LogP contribution in [0.15, 0.2) is 48.0 Å². The minimum absolute atomic E-state index is 0.0875. The molecule has 0 radical (unpaired) electrons.